The SMILES string of the molecule is Oc1ccc2c(c1-c1ccccc1)OCO2. The van der Waals surface area contributed by atoms with E-state index in [1.54, 1.807) is 12.1 Å². The van der Waals surface area contributed by atoms with Gasteiger partial charge in [-0.25, -0.2) is 0 Å². The second-order valence-electron chi connectivity index (χ2n) is 3.56. The number of phenols is 1. The van der Waals surface area contributed by atoms with Crippen LogP contribution in [-0.4, -0.2) is 11.9 Å². The summed E-state index contributed by atoms with van der Waals surface area (Å²) in [4.78, 5) is 0. The fraction of sp³-hybridized carbons (Fsp3) is 0.0769. The quantitative estimate of drug-likeness (QED) is 0.793. The van der Waals surface area contributed by atoms with E-state index >= 15 is 0 Å². The highest BCUT2D eigenvalue weighted by molar-refractivity contribution is 5.79. The van der Waals surface area contributed by atoms with E-state index in [0.717, 1.165) is 5.56 Å². The standard InChI is InChI=1S/C13H10O3/c14-10-6-7-11-13(16-8-15-11)12(10)9-4-2-1-3-5-9/h1-7,14H,8H2. The van der Waals surface area contributed by atoms with Crippen molar-refractivity contribution < 1.29 is 14.6 Å². The molecule has 0 saturated carbocycles. The molecule has 0 atom stereocenters. The summed E-state index contributed by atoms with van der Waals surface area (Å²) in [7, 11) is 0. The summed E-state index contributed by atoms with van der Waals surface area (Å²) in [6, 6.07) is 13.0. The van der Waals surface area contributed by atoms with Crippen LogP contribution in [0.2, 0.25) is 0 Å². The van der Waals surface area contributed by atoms with Crippen molar-refractivity contribution in [1.82, 2.24) is 0 Å². The summed E-state index contributed by atoms with van der Waals surface area (Å²) < 4.78 is 10.7. The van der Waals surface area contributed by atoms with Crippen molar-refractivity contribution in [1.29, 1.82) is 0 Å². The second-order valence-corrected chi connectivity index (χ2v) is 3.56. The van der Waals surface area contributed by atoms with Crippen LogP contribution in [0.15, 0.2) is 42.5 Å². The highest BCUT2D eigenvalue weighted by Crippen LogP contribution is 2.46. The second kappa shape index (κ2) is 3.45. The monoisotopic (exact) mass is 214 g/mol. The molecule has 1 N–H and O–H groups in total. The van der Waals surface area contributed by atoms with Crippen molar-refractivity contribution in [3.8, 4) is 28.4 Å². The summed E-state index contributed by atoms with van der Waals surface area (Å²) in [5.41, 5.74) is 1.61. The van der Waals surface area contributed by atoms with Gasteiger partial charge in [0.2, 0.25) is 6.79 Å². The summed E-state index contributed by atoms with van der Waals surface area (Å²) in [6.45, 7) is 0.207. The van der Waals surface area contributed by atoms with Crippen LogP contribution in [0.25, 0.3) is 11.1 Å². The lowest BCUT2D eigenvalue weighted by molar-refractivity contribution is 0.174. The largest absolute Gasteiger partial charge is 0.507 e. The molecular weight excluding hydrogens is 204 g/mol. The maximum atomic E-state index is 9.89. The van der Waals surface area contributed by atoms with Gasteiger partial charge in [0.1, 0.15) is 5.75 Å². The van der Waals surface area contributed by atoms with E-state index in [0.29, 0.717) is 17.1 Å². The van der Waals surface area contributed by atoms with Gasteiger partial charge in [0.25, 0.3) is 0 Å². The maximum absolute atomic E-state index is 9.89. The van der Waals surface area contributed by atoms with Gasteiger partial charge < -0.3 is 14.6 Å². The van der Waals surface area contributed by atoms with Gasteiger partial charge in [-0.1, -0.05) is 30.3 Å². The van der Waals surface area contributed by atoms with E-state index in [9.17, 15) is 5.11 Å². The first-order valence-electron chi connectivity index (χ1n) is 5.03. The number of ether oxygens (including phenoxy) is 2. The average molecular weight is 214 g/mol. The Morgan fingerprint density at radius 1 is 0.938 bits per heavy atom. The topological polar surface area (TPSA) is 38.7 Å². The zero-order valence-corrected chi connectivity index (χ0v) is 8.51. The van der Waals surface area contributed by atoms with E-state index in [1.165, 1.54) is 0 Å². The van der Waals surface area contributed by atoms with Crippen LogP contribution in [0.1, 0.15) is 0 Å². The first-order valence-corrected chi connectivity index (χ1v) is 5.03. The summed E-state index contributed by atoms with van der Waals surface area (Å²) in [5, 5.41) is 9.89. The van der Waals surface area contributed by atoms with Crippen LogP contribution in [0, 0.1) is 0 Å². The van der Waals surface area contributed by atoms with E-state index in [1.807, 2.05) is 30.3 Å². The number of hydrogen-bond donors (Lipinski definition) is 1. The number of aromatic hydroxyl groups is 1. The summed E-state index contributed by atoms with van der Waals surface area (Å²) in [6.07, 6.45) is 0. The van der Waals surface area contributed by atoms with Crippen LogP contribution in [0.5, 0.6) is 17.2 Å². The minimum absolute atomic E-state index is 0.204. The first-order chi connectivity index (χ1) is 7.86. The molecule has 0 fully saturated rings. The predicted molar refractivity (Wildman–Crippen MR) is 59.7 cm³/mol. The fourth-order valence-corrected chi connectivity index (χ4v) is 1.85. The number of rotatable bonds is 1. The molecule has 1 aliphatic heterocycles. The Labute approximate surface area is 92.9 Å². The molecule has 1 heterocycles. The molecule has 0 aliphatic carbocycles. The van der Waals surface area contributed by atoms with E-state index in [-0.39, 0.29) is 12.5 Å². The molecule has 0 amide bonds. The molecule has 0 spiro atoms. The normalized spacial score (nSPS) is 12.8. The number of phenolic OH excluding ortho intramolecular Hbond substituents is 1. The molecule has 16 heavy (non-hydrogen) atoms. The van der Waals surface area contributed by atoms with Gasteiger partial charge in [-0.3, -0.25) is 0 Å². The van der Waals surface area contributed by atoms with E-state index < -0.39 is 0 Å². The van der Waals surface area contributed by atoms with E-state index in [2.05, 4.69) is 0 Å². The van der Waals surface area contributed by atoms with Gasteiger partial charge >= 0.3 is 0 Å². The van der Waals surface area contributed by atoms with Gasteiger partial charge in [0, 0.05) is 0 Å². The van der Waals surface area contributed by atoms with Gasteiger partial charge in [0.15, 0.2) is 11.5 Å². The molecule has 0 aromatic heterocycles. The Morgan fingerprint density at radius 3 is 2.56 bits per heavy atom. The molecule has 80 valence electrons. The highest BCUT2D eigenvalue weighted by atomic mass is 16.7. The third-order valence-electron chi connectivity index (χ3n) is 2.58. The minimum atomic E-state index is 0.204. The fourth-order valence-electron chi connectivity index (χ4n) is 1.85. The number of fused-ring (bicyclic) bond motifs is 1. The van der Waals surface area contributed by atoms with Crippen LogP contribution >= 0.6 is 0 Å². The molecule has 0 unspecified atom stereocenters. The van der Waals surface area contributed by atoms with Crippen molar-refractivity contribution in [2.45, 2.75) is 0 Å². The van der Waals surface area contributed by atoms with Crippen molar-refractivity contribution in [2.24, 2.45) is 0 Å². The molecule has 0 radical (unpaired) electrons. The Kier molecular flexibility index (Phi) is 1.96. The zero-order chi connectivity index (χ0) is 11.0. The maximum Gasteiger partial charge on any atom is 0.231 e. The lowest BCUT2D eigenvalue weighted by atomic mass is 10.0. The molecule has 0 saturated heterocycles. The Hall–Kier alpha value is -2.16. The molecule has 2 aromatic rings. The Morgan fingerprint density at radius 2 is 1.75 bits per heavy atom. The van der Waals surface area contributed by atoms with Crippen LogP contribution < -0.4 is 9.47 Å². The van der Waals surface area contributed by atoms with Gasteiger partial charge in [-0.2, -0.15) is 0 Å². The van der Waals surface area contributed by atoms with Crippen molar-refractivity contribution in [3.05, 3.63) is 42.5 Å². The lowest BCUT2D eigenvalue weighted by Crippen LogP contribution is -1.93. The van der Waals surface area contributed by atoms with Gasteiger partial charge in [-0.15, -0.1) is 0 Å². The third-order valence-corrected chi connectivity index (χ3v) is 2.58. The summed E-state index contributed by atoms with van der Waals surface area (Å²) in [5.74, 6) is 1.50. The molecule has 3 rings (SSSR count). The molecule has 3 heteroatoms. The van der Waals surface area contributed by atoms with Crippen molar-refractivity contribution in [2.75, 3.05) is 6.79 Å². The molecule has 0 bridgehead atoms. The zero-order valence-electron chi connectivity index (χ0n) is 8.51. The molecule has 3 nitrogen and oxygen atoms in total. The highest BCUT2D eigenvalue weighted by Gasteiger charge is 2.21. The molecular formula is C13H10O3. The number of hydrogen-bond acceptors (Lipinski definition) is 3. The average Bonchev–Trinajstić information content (AvgIpc) is 2.78. The van der Waals surface area contributed by atoms with Crippen LogP contribution in [-0.2, 0) is 0 Å². The van der Waals surface area contributed by atoms with Crippen molar-refractivity contribution in [3.63, 3.8) is 0 Å². The Balaban J connectivity index is 2.24. The van der Waals surface area contributed by atoms with Crippen molar-refractivity contribution >= 4 is 0 Å². The first kappa shape index (κ1) is 9.09. The number of benzene rings is 2. The smallest absolute Gasteiger partial charge is 0.231 e. The van der Waals surface area contributed by atoms with Crippen LogP contribution in [0.3, 0.4) is 0 Å². The van der Waals surface area contributed by atoms with Crippen LogP contribution in [0.4, 0.5) is 0 Å². The molecule has 1 aliphatic rings. The third kappa shape index (κ3) is 1.29. The summed E-state index contributed by atoms with van der Waals surface area (Å²) >= 11 is 0. The predicted octanol–water partition coefficient (Wildman–Crippen LogP) is 2.79. The van der Waals surface area contributed by atoms with Gasteiger partial charge in [0.05, 0.1) is 5.56 Å². The Bertz CT molecular complexity index is 520. The van der Waals surface area contributed by atoms with E-state index in [4.69, 9.17) is 9.47 Å². The molecule has 2 aromatic carbocycles. The van der Waals surface area contributed by atoms with Gasteiger partial charge in [-0.05, 0) is 17.7 Å². The lowest BCUT2D eigenvalue weighted by Gasteiger charge is -2.08. The minimum Gasteiger partial charge on any atom is -0.507 e.